The average molecular weight is 388 g/mol. The van der Waals surface area contributed by atoms with Gasteiger partial charge in [-0.05, 0) is 45.7 Å². The lowest BCUT2D eigenvalue weighted by Crippen LogP contribution is -2.44. The SMILES string of the molecule is CCN(C(=O)C(C)Sc1nc2ccccc2c(=O)n1CC)C1CCCCC1. The number of carbonyl (C=O) groups excluding carboxylic acids is 1. The molecule has 3 rings (SSSR count). The monoisotopic (exact) mass is 387 g/mol. The molecule has 1 aliphatic carbocycles. The van der Waals surface area contributed by atoms with Gasteiger partial charge in [-0.2, -0.15) is 0 Å². The highest BCUT2D eigenvalue weighted by Gasteiger charge is 2.28. The summed E-state index contributed by atoms with van der Waals surface area (Å²) >= 11 is 1.40. The Hall–Kier alpha value is -1.82. The summed E-state index contributed by atoms with van der Waals surface area (Å²) in [5.41, 5.74) is 0.652. The van der Waals surface area contributed by atoms with Gasteiger partial charge in [0.25, 0.3) is 5.56 Å². The number of rotatable bonds is 6. The summed E-state index contributed by atoms with van der Waals surface area (Å²) in [6, 6.07) is 7.76. The number of hydrogen-bond donors (Lipinski definition) is 0. The molecule has 6 heteroatoms. The maximum atomic E-state index is 13.1. The fourth-order valence-corrected chi connectivity index (χ4v) is 4.99. The Labute approximate surface area is 165 Å². The lowest BCUT2D eigenvalue weighted by molar-refractivity contribution is -0.133. The highest BCUT2D eigenvalue weighted by Crippen LogP contribution is 2.27. The van der Waals surface area contributed by atoms with E-state index in [4.69, 9.17) is 0 Å². The number of para-hydroxylation sites is 1. The van der Waals surface area contributed by atoms with Gasteiger partial charge in [0, 0.05) is 19.1 Å². The molecule has 1 unspecified atom stereocenters. The largest absolute Gasteiger partial charge is 0.339 e. The minimum atomic E-state index is -0.266. The van der Waals surface area contributed by atoms with Crippen molar-refractivity contribution < 1.29 is 4.79 Å². The number of benzene rings is 1. The minimum Gasteiger partial charge on any atom is -0.339 e. The van der Waals surface area contributed by atoms with E-state index >= 15 is 0 Å². The summed E-state index contributed by atoms with van der Waals surface area (Å²) in [5.74, 6) is 0.152. The molecular formula is C21H29N3O2S. The Morgan fingerprint density at radius 2 is 1.96 bits per heavy atom. The first-order valence-corrected chi connectivity index (χ1v) is 10.9. The van der Waals surface area contributed by atoms with Crippen molar-refractivity contribution in [3.05, 3.63) is 34.6 Å². The van der Waals surface area contributed by atoms with Crippen molar-refractivity contribution in [2.24, 2.45) is 0 Å². The summed E-state index contributed by atoms with van der Waals surface area (Å²) in [6.45, 7) is 7.20. The third kappa shape index (κ3) is 4.21. The van der Waals surface area contributed by atoms with Crippen LogP contribution in [0.2, 0.25) is 0 Å². The van der Waals surface area contributed by atoms with Gasteiger partial charge < -0.3 is 4.90 Å². The zero-order valence-corrected chi connectivity index (χ0v) is 17.3. The van der Waals surface area contributed by atoms with Crippen LogP contribution in [0.3, 0.4) is 0 Å². The van der Waals surface area contributed by atoms with E-state index in [1.165, 1.54) is 31.0 Å². The zero-order chi connectivity index (χ0) is 19.4. The number of carbonyl (C=O) groups is 1. The predicted octanol–water partition coefficient (Wildman–Crippen LogP) is 4.08. The van der Waals surface area contributed by atoms with Crippen LogP contribution in [0, 0.1) is 0 Å². The molecule has 0 aliphatic heterocycles. The van der Waals surface area contributed by atoms with Gasteiger partial charge in [-0.15, -0.1) is 0 Å². The second-order valence-corrected chi connectivity index (χ2v) is 8.45. The molecule has 0 N–H and O–H groups in total. The molecule has 0 saturated heterocycles. The number of aromatic nitrogens is 2. The van der Waals surface area contributed by atoms with Gasteiger partial charge in [0.15, 0.2) is 5.16 Å². The van der Waals surface area contributed by atoms with Crippen LogP contribution in [0.5, 0.6) is 0 Å². The zero-order valence-electron chi connectivity index (χ0n) is 16.5. The number of nitrogens with zero attached hydrogens (tertiary/aromatic N) is 3. The number of thioether (sulfide) groups is 1. The van der Waals surface area contributed by atoms with E-state index in [0.29, 0.717) is 28.6 Å². The van der Waals surface area contributed by atoms with Crippen molar-refractivity contribution in [1.29, 1.82) is 0 Å². The van der Waals surface area contributed by atoms with Gasteiger partial charge in [-0.3, -0.25) is 14.2 Å². The van der Waals surface area contributed by atoms with Gasteiger partial charge in [0.2, 0.25) is 5.91 Å². The molecule has 1 fully saturated rings. The van der Waals surface area contributed by atoms with Crippen LogP contribution >= 0.6 is 11.8 Å². The molecule has 1 aromatic carbocycles. The van der Waals surface area contributed by atoms with Crippen molar-refractivity contribution in [2.75, 3.05) is 6.54 Å². The Balaban J connectivity index is 1.85. The number of amides is 1. The first-order valence-electron chi connectivity index (χ1n) is 10.0. The highest BCUT2D eigenvalue weighted by molar-refractivity contribution is 8.00. The smallest absolute Gasteiger partial charge is 0.262 e. The van der Waals surface area contributed by atoms with Crippen molar-refractivity contribution in [1.82, 2.24) is 14.5 Å². The third-order valence-corrected chi connectivity index (χ3v) is 6.49. The third-order valence-electron chi connectivity index (χ3n) is 5.41. The normalized spacial score (nSPS) is 16.4. The van der Waals surface area contributed by atoms with Crippen LogP contribution in [0.15, 0.2) is 34.2 Å². The van der Waals surface area contributed by atoms with Gasteiger partial charge >= 0.3 is 0 Å². The van der Waals surface area contributed by atoms with E-state index in [1.807, 2.05) is 43.0 Å². The summed E-state index contributed by atoms with van der Waals surface area (Å²) < 4.78 is 1.67. The van der Waals surface area contributed by atoms with Crippen LogP contribution in [0.25, 0.3) is 10.9 Å². The molecular weight excluding hydrogens is 358 g/mol. The molecule has 0 spiro atoms. The lowest BCUT2D eigenvalue weighted by atomic mass is 9.94. The Morgan fingerprint density at radius 1 is 1.26 bits per heavy atom. The lowest BCUT2D eigenvalue weighted by Gasteiger charge is -2.35. The molecule has 146 valence electrons. The first kappa shape index (κ1) is 19.9. The van der Waals surface area contributed by atoms with E-state index in [0.717, 1.165) is 19.4 Å². The highest BCUT2D eigenvalue weighted by atomic mass is 32.2. The van der Waals surface area contributed by atoms with Crippen LogP contribution in [-0.2, 0) is 11.3 Å². The van der Waals surface area contributed by atoms with Crippen LogP contribution < -0.4 is 5.56 Å². The summed E-state index contributed by atoms with van der Waals surface area (Å²) in [5, 5.41) is 0.986. The van der Waals surface area contributed by atoms with Crippen LogP contribution in [0.1, 0.15) is 52.9 Å². The Bertz CT molecular complexity index is 858. The Kier molecular flexibility index (Phi) is 6.58. The molecule has 1 atom stereocenters. The predicted molar refractivity (Wildman–Crippen MR) is 111 cm³/mol. The van der Waals surface area contributed by atoms with Crippen molar-refractivity contribution in [3.8, 4) is 0 Å². The standard InChI is InChI=1S/C21H29N3O2S/c1-4-23(16-11-7-6-8-12-16)19(25)15(3)27-21-22-18-14-10-9-13-17(18)20(26)24(21)5-2/h9-10,13-16H,4-8,11-12H2,1-3H3. The van der Waals surface area contributed by atoms with Gasteiger partial charge in [0.1, 0.15) is 0 Å². The molecule has 1 aromatic heterocycles. The fourth-order valence-electron chi connectivity index (χ4n) is 3.95. The van der Waals surface area contributed by atoms with E-state index in [9.17, 15) is 9.59 Å². The number of fused-ring (bicyclic) bond motifs is 1. The fraction of sp³-hybridized carbons (Fsp3) is 0.571. The quantitative estimate of drug-likeness (QED) is 0.554. The summed E-state index contributed by atoms with van der Waals surface area (Å²) in [6.07, 6.45) is 5.89. The summed E-state index contributed by atoms with van der Waals surface area (Å²) in [7, 11) is 0. The van der Waals surface area contributed by atoms with Crippen LogP contribution in [0.4, 0.5) is 0 Å². The first-order chi connectivity index (χ1) is 13.1. The molecule has 27 heavy (non-hydrogen) atoms. The molecule has 1 heterocycles. The second-order valence-electron chi connectivity index (χ2n) is 7.14. The Morgan fingerprint density at radius 3 is 2.63 bits per heavy atom. The maximum Gasteiger partial charge on any atom is 0.262 e. The molecule has 1 saturated carbocycles. The van der Waals surface area contributed by atoms with E-state index in [2.05, 4.69) is 11.9 Å². The van der Waals surface area contributed by atoms with E-state index < -0.39 is 0 Å². The number of hydrogen-bond acceptors (Lipinski definition) is 4. The van der Waals surface area contributed by atoms with Gasteiger partial charge in [-0.25, -0.2) is 4.98 Å². The van der Waals surface area contributed by atoms with Gasteiger partial charge in [0.05, 0.1) is 16.2 Å². The summed E-state index contributed by atoms with van der Waals surface area (Å²) in [4.78, 5) is 32.6. The van der Waals surface area contributed by atoms with E-state index in [1.54, 1.807) is 4.57 Å². The van der Waals surface area contributed by atoms with Gasteiger partial charge in [-0.1, -0.05) is 43.2 Å². The second kappa shape index (κ2) is 8.91. The molecule has 1 aliphatic rings. The molecule has 5 nitrogen and oxygen atoms in total. The van der Waals surface area contributed by atoms with Crippen molar-refractivity contribution in [2.45, 2.75) is 75.9 Å². The molecule has 1 amide bonds. The van der Waals surface area contributed by atoms with Crippen LogP contribution in [-0.4, -0.2) is 38.2 Å². The van der Waals surface area contributed by atoms with Crippen molar-refractivity contribution in [3.63, 3.8) is 0 Å². The minimum absolute atomic E-state index is 0.0372. The topological polar surface area (TPSA) is 55.2 Å². The van der Waals surface area contributed by atoms with Crippen molar-refractivity contribution >= 4 is 28.6 Å². The average Bonchev–Trinajstić information content (AvgIpc) is 2.69. The van der Waals surface area contributed by atoms with E-state index in [-0.39, 0.29) is 16.7 Å². The molecule has 2 aromatic rings. The molecule has 0 radical (unpaired) electrons. The molecule has 0 bridgehead atoms. The maximum absolute atomic E-state index is 13.1.